The quantitative estimate of drug-likeness (QED) is 0.105. The van der Waals surface area contributed by atoms with Crippen molar-refractivity contribution >= 4 is 52.1 Å². The number of thioether (sulfide) groups is 1. The molecular weight excluding hydrogens is 602 g/mol. The van der Waals surface area contributed by atoms with Crippen molar-refractivity contribution in [3.63, 3.8) is 0 Å². The fourth-order valence-electron chi connectivity index (χ4n) is 6.41. The monoisotopic (exact) mass is 633 g/mol. The molecule has 1 aromatic heterocycles. The Morgan fingerprint density at radius 2 is 2.07 bits per heavy atom. The summed E-state index contributed by atoms with van der Waals surface area (Å²) in [6.45, 7) is 1.94. The number of anilines is 1. The zero-order chi connectivity index (χ0) is 30.4. The molecule has 7 atom stereocenters. The topological polar surface area (TPSA) is 233 Å². The van der Waals surface area contributed by atoms with Crippen molar-refractivity contribution in [2.75, 3.05) is 31.1 Å². The summed E-state index contributed by atoms with van der Waals surface area (Å²) >= 11 is 2.03. The number of fused-ring (bicyclic) bond motifs is 1. The predicted molar refractivity (Wildman–Crippen MR) is 154 cm³/mol. The number of carbonyl (C=O) groups excluding carboxylic acids is 3. The van der Waals surface area contributed by atoms with Gasteiger partial charge in [0.2, 0.25) is 11.9 Å². The van der Waals surface area contributed by atoms with Gasteiger partial charge in [0.25, 0.3) is 11.8 Å². The summed E-state index contributed by atoms with van der Waals surface area (Å²) in [4.78, 5) is 69.5. The number of nitrogens with one attached hydrogen (secondary N) is 3. The molecule has 4 fully saturated rings. The lowest BCUT2D eigenvalue weighted by atomic mass is 9.99. The summed E-state index contributed by atoms with van der Waals surface area (Å²) in [7, 11) is 0. The molecule has 0 bridgehead atoms. The highest BCUT2D eigenvalue weighted by Crippen LogP contribution is 2.41. The second kappa shape index (κ2) is 11.9. The molecule has 0 aliphatic carbocycles. The number of rotatable bonds is 9. The van der Waals surface area contributed by atoms with Crippen molar-refractivity contribution in [1.82, 2.24) is 35.1 Å². The van der Waals surface area contributed by atoms with Crippen LogP contribution in [0.15, 0.2) is 28.1 Å². The standard InChI is InChI=1S/C25H31N9O7S2/c26-25-30-19(32-43-25)15(31-41)20(36)29-16-22(38)34-17(24(39)40)11(9-42-23(16)34)6-10-3-5-33(21(10)37)12-7-14(28-8-12)18(35)13-2-1-4-27-13/h6,12-16,18,23,27-28,35H,1-5,7-9H2,(H,29,36)(H,39,40)(H2,26,30,32)/t12?,13?,14?,15?,16?,18?,23-/m1/s1. The van der Waals surface area contributed by atoms with Gasteiger partial charge >= 0.3 is 5.97 Å². The summed E-state index contributed by atoms with van der Waals surface area (Å²) in [6.07, 6.45) is 4.03. The molecule has 5 aliphatic heterocycles. The first-order valence-electron chi connectivity index (χ1n) is 14.0. The van der Waals surface area contributed by atoms with Gasteiger partial charge in [0, 0.05) is 54.1 Å². The molecule has 1 aromatic rings. The number of hydrogen-bond donors (Lipinski definition) is 6. The number of aromatic nitrogens is 2. The molecule has 43 heavy (non-hydrogen) atoms. The van der Waals surface area contributed by atoms with E-state index in [0.29, 0.717) is 37.1 Å². The predicted octanol–water partition coefficient (Wildman–Crippen LogP) is -1.33. The lowest BCUT2D eigenvalue weighted by Gasteiger charge is -2.49. The van der Waals surface area contributed by atoms with Crippen LogP contribution in [-0.2, 0) is 19.2 Å². The lowest BCUT2D eigenvalue weighted by molar-refractivity contribution is -0.150. The number of likely N-dealkylation sites (tertiary alicyclic amines) is 1. The number of nitrogens with two attached hydrogens (primary N) is 1. The van der Waals surface area contributed by atoms with E-state index >= 15 is 0 Å². The molecule has 3 amide bonds. The highest BCUT2D eigenvalue weighted by Gasteiger charge is 2.54. The number of allylic oxidation sites excluding steroid dienone is 1. The third-order valence-corrected chi connectivity index (χ3v) is 10.4. The molecular formula is C25H31N9O7S2. The number of aliphatic hydroxyl groups is 1. The highest BCUT2D eigenvalue weighted by atomic mass is 32.2. The van der Waals surface area contributed by atoms with E-state index in [1.54, 1.807) is 11.0 Å². The number of β-lactam (4-membered cyclic amide) rings is 1. The molecule has 4 saturated heterocycles. The molecule has 230 valence electrons. The second-order valence-electron chi connectivity index (χ2n) is 11.1. The number of carbonyl (C=O) groups is 4. The Morgan fingerprint density at radius 3 is 2.74 bits per heavy atom. The molecule has 6 rings (SSSR count). The summed E-state index contributed by atoms with van der Waals surface area (Å²) in [5.41, 5.74) is 6.07. The normalized spacial score (nSPS) is 31.3. The summed E-state index contributed by atoms with van der Waals surface area (Å²) in [6, 6.07) is -2.84. The van der Waals surface area contributed by atoms with E-state index in [2.05, 4.69) is 30.5 Å². The molecule has 6 unspecified atom stereocenters. The number of amides is 3. The minimum atomic E-state index is -1.61. The third-order valence-electron chi connectivity index (χ3n) is 8.57. The number of nitrogen functional groups attached to an aromatic ring is 1. The minimum absolute atomic E-state index is 0.0459. The van der Waals surface area contributed by atoms with Gasteiger partial charge in [0.15, 0.2) is 11.0 Å². The maximum Gasteiger partial charge on any atom is 0.352 e. The van der Waals surface area contributed by atoms with Crippen LogP contribution in [0.1, 0.15) is 37.5 Å². The summed E-state index contributed by atoms with van der Waals surface area (Å²) < 4.78 is 3.83. The fourth-order valence-corrected chi connectivity index (χ4v) is 8.18. The van der Waals surface area contributed by atoms with E-state index in [1.807, 2.05) is 0 Å². The zero-order valence-electron chi connectivity index (χ0n) is 22.8. The Kier molecular flexibility index (Phi) is 8.20. The van der Waals surface area contributed by atoms with Crippen LogP contribution in [0, 0.1) is 4.91 Å². The first-order chi connectivity index (χ1) is 20.7. The van der Waals surface area contributed by atoms with Gasteiger partial charge in [-0.05, 0) is 49.1 Å². The molecule has 7 N–H and O–H groups in total. The van der Waals surface area contributed by atoms with Crippen LogP contribution in [0.2, 0.25) is 0 Å². The van der Waals surface area contributed by atoms with Gasteiger partial charge in [-0.1, -0.05) is 0 Å². The Labute approximate surface area is 253 Å². The SMILES string of the molecule is Nc1nc(C(N=O)C(=O)NC2C(=O)N3C(C(=O)O)=C(C=C4CCN(C5CNC(C(O)C6CCCN6)C5)C4=O)CS[C@H]23)ns1. The number of carboxylic acids is 1. The zero-order valence-corrected chi connectivity index (χ0v) is 24.5. The number of carboxylic acid groups (broad SMARTS) is 1. The van der Waals surface area contributed by atoms with E-state index in [-0.39, 0.29) is 46.4 Å². The first kappa shape index (κ1) is 29.6. The molecule has 16 nitrogen and oxygen atoms in total. The van der Waals surface area contributed by atoms with Crippen LogP contribution in [0.3, 0.4) is 0 Å². The second-order valence-corrected chi connectivity index (χ2v) is 13.0. The fraction of sp³-hybridized carbons (Fsp3) is 0.600. The maximum absolute atomic E-state index is 13.4. The molecule has 18 heteroatoms. The third kappa shape index (κ3) is 5.41. The minimum Gasteiger partial charge on any atom is -0.477 e. The number of aliphatic carboxylic acids is 1. The van der Waals surface area contributed by atoms with Crippen molar-refractivity contribution in [1.29, 1.82) is 0 Å². The number of hydrogen-bond acceptors (Lipinski definition) is 14. The van der Waals surface area contributed by atoms with E-state index in [1.165, 1.54) is 11.8 Å². The van der Waals surface area contributed by atoms with Crippen molar-refractivity contribution in [2.45, 2.75) is 67.4 Å². The number of nitroso groups, excluding NO2 is 1. The van der Waals surface area contributed by atoms with E-state index in [0.717, 1.165) is 35.8 Å². The largest absolute Gasteiger partial charge is 0.477 e. The van der Waals surface area contributed by atoms with Gasteiger partial charge in [-0.25, -0.2) is 9.78 Å². The summed E-state index contributed by atoms with van der Waals surface area (Å²) in [5.74, 6) is -3.07. The van der Waals surface area contributed by atoms with Crippen LogP contribution in [0.25, 0.3) is 0 Å². The number of nitrogens with zero attached hydrogens (tertiary/aromatic N) is 5. The van der Waals surface area contributed by atoms with Crippen LogP contribution < -0.4 is 21.7 Å². The number of aliphatic hydroxyl groups excluding tert-OH is 1. The van der Waals surface area contributed by atoms with Crippen molar-refractivity contribution in [3.8, 4) is 0 Å². The van der Waals surface area contributed by atoms with Gasteiger partial charge < -0.3 is 36.8 Å². The molecule has 6 heterocycles. The molecule has 0 saturated carbocycles. The van der Waals surface area contributed by atoms with Crippen LogP contribution >= 0.6 is 23.3 Å². The molecule has 0 radical (unpaired) electrons. The molecule has 0 aromatic carbocycles. The van der Waals surface area contributed by atoms with Crippen LogP contribution in [0.4, 0.5) is 5.13 Å². The molecule has 5 aliphatic rings. The van der Waals surface area contributed by atoms with E-state index < -0.39 is 41.3 Å². The Bertz CT molecular complexity index is 1410. The van der Waals surface area contributed by atoms with E-state index in [9.17, 15) is 34.3 Å². The van der Waals surface area contributed by atoms with E-state index in [4.69, 9.17) is 5.73 Å². The first-order valence-corrected chi connectivity index (χ1v) is 15.8. The Morgan fingerprint density at radius 1 is 1.26 bits per heavy atom. The van der Waals surface area contributed by atoms with Gasteiger partial charge in [0.05, 0.1) is 6.10 Å². The average Bonchev–Trinajstić information content (AvgIpc) is 3.81. The van der Waals surface area contributed by atoms with Gasteiger partial charge in [-0.2, -0.15) is 4.37 Å². The van der Waals surface area contributed by atoms with Gasteiger partial charge in [0.1, 0.15) is 17.1 Å². The van der Waals surface area contributed by atoms with Gasteiger partial charge in [-0.15, -0.1) is 16.7 Å². The van der Waals surface area contributed by atoms with Crippen molar-refractivity contribution in [3.05, 3.63) is 33.7 Å². The van der Waals surface area contributed by atoms with Crippen LogP contribution in [-0.4, -0.2) is 114 Å². The highest BCUT2D eigenvalue weighted by molar-refractivity contribution is 8.00. The summed E-state index contributed by atoms with van der Waals surface area (Å²) in [5, 5.41) is 32.0. The smallest absolute Gasteiger partial charge is 0.352 e. The van der Waals surface area contributed by atoms with Crippen LogP contribution in [0.5, 0.6) is 0 Å². The van der Waals surface area contributed by atoms with Crippen molar-refractivity contribution < 1.29 is 29.4 Å². The molecule has 0 spiro atoms. The lowest BCUT2D eigenvalue weighted by Crippen LogP contribution is -2.70. The maximum atomic E-state index is 13.4. The Balaban J connectivity index is 1.13. The Hall–Kier alpha value is -3.45. The van der Waals surface area contributed by atoms with Crippen molar-refractivity contribution in [2.24, 2.45) is 5.18 Å². The van der Waals surface area contributed by atoms with Gasteiger partial charge in [-0.3, -0.25) is 19.3 Å². The average molecular weight is 634 g/mol.